The standard InChI is InChI=1S/C8H9FO2/c1-5-2-7(9)3-6(4-10)8(5)11/h2-3,10-11H,4H2,1H3. The molecule has 2 nitrogen and oxygen atoms in total. The Hall–Kier alpha value is -1.09. The highest BCUT2D eigenvalue weighted by molar-refractivity contribution is 5.39. The molecule has 0 aromatic heterocycles. The number of rotatable bonds is 1. The van der Waals surface area contributed by atoms with Gasteiger partial charge in [-0.25, -0.2) is 4.39 Å². The Morgan fingerprint density at radius 2 is 2.09 bits per heavy atom. The largest absolute Gasteiger partial charge is 0.507 e. The summed E-state index contributed by atoms with van der Waals surface area (Å²) in [5, 5.41) is 17.8. The highest BCUT2D eigenvalue weighted by Gasteiger charge is 2.04. The molecule has 0 aliphatic heterocycles. The van der Waals surface area contributed by atoms with Crippen LogP contribution < -0.4 is 0 Å². The highest BCUT2D eigenvalue weighted by atomic mass is 19.1. The molecule has 0 aliphatic carbocycles. The quantitative estimate of drug-likeness (QED) is 0.644. The average Bonchev–Trinajstić information content (AvgIpc) is 1.96. The number of aryl methyl sites for hydroxylation is 1. The lowest BCUT2D eigenvalue weighted by Crippen LogP contribution is -1.89. The predicted octanol–water partition coefficient (Wildman–Crippen LogP) is 1.33. The maximum atomic E-state index is 12.6. The second-order valence-electron chi connectivity index (χ2n) is 2.39. The van der Waals surface area contributed by atoms with E-state index in [1.165, 1.54) is 6.07 Å². The summed E-state index contributed by atoms with van der Waals surface area (Å²) in [4.78, 5) is 0. The minimum Gasteiger partial charge on any atom is -0.507 e. The maximum absolute atomic E-state index is 12.6. The summed E-state index contributed by atoms with van der Waals surface area (Å²) >= 11 is 0. The summed E-state index contributed by atoms with van der Waals surface area (Å²) in [6.45, 7) is 1.24. The molecule has 0 saturated carbocycles. The Labute approximate surface area is 63.9 Å². The van der Waals surface area contributed by atoms with Crippen LogP contribution in [0.25, 0.3) is 0 Å². The normalized spacial score (nSPS) is 10.1. The van der Waals surface area contributed by atoms with Crippen molar-refractivity contribution in [2.75, 3.05) is 0 Å². The van der Waals surface area contributed by atoms with Crippen LogP contribution >= 0.6 is 0 Å². The second kappa shape index (κ2) is 2.88. The van der Waals surface area contributed by atoms with Crippen molar-refractivity contribution in [3.63, 3.8) is 0 Å². The van der Waals surface area contributed by atoms with E-state index in [9.17, 15) is 9.50 Å². The third-order valence-corrected chi connectivity index (χ3v) is 1.51. The number of halogens is 1. The number of hydrogen-bond acceptors (Lipinski definition) is 2. The van der Waals surface area contributed by atoms with E-state index in [0.29, 0.717) is 5.56 Å². The van der Waals surface area contributed by atoms with Gasteiger partial charge in [-0.05, 0) is 24.6 Å². The highest BCUT2D eigenvalue weighted by Crippen LogP contribution is 2.22. The van der Waals surface area contributed by atoms with Crippen LogP contribution in [0.5, 0.6) is 5.75 Å². The van der Waals surface area contributed by atoms with Gasteiger partial charge in [0.25, 0.3) is 0 Å². The zero-order valence-corrected chi connectivity index (χ0v) is 6.13. The lowest BCUT2D eigenvalue weighted by Gasteiger charge is -2.03. The number of benzene rings is 1. The minimum absolute atomic E-state index is 0.0334. The first kappa shape index (κ1) is 8.01. The number of aliphatic hydroxyl groups is 1. The molecule has 11 heavy (non-hydrogen) atoms. The molecule has 1 aromatic rings. The van der Waals surface area contributed by atoms with Crippen molar-refractivity contribution in [1.29, 1.82) is 0 Å². The van der Waals surface area contributed by atoms with Gasteiger partial charge in [0.05, 0.1) is 6.61 Å². The van der Waals surface area contributed by atoms with Gasteiger partial charge in [-0.3, -0.25) is 0 Å². The first-order chi connectivity index (χ1) is 5.15. The molecule has 1 aromatic carbocycles. The van der Waals surface area contributed by atoms with Crippen molar-refractivity contribution in [3.05, 3.63) is 29.1 Å². The molecule has 2 N–H and O–H groups in total. The van der Waals surface area contributed by atoms with Crippen LogP contribution in [0.15, 0.2) is 12.1 Å². The van der Waals surface area contributed by atoms with Gasteiger partial charge in [0, 0.05) is 5.56 Å². The summed E-state index contributed by atoms with van der Waals surface area (Å²) in [6.07, 6.45) is 0. The topological polar surface area (TPSA) is 40.5 Å². The van der Waals surface area contributed by atoms with Crippen LogP contribution in [-0.2, 0) is 6.61 Å². The monoisotopic (exact) mass is 156 g/mol. The van der Waals surface area contributed by atoms with Crippen molar-refractivity contribution in [1.82, 2.24) is 0 Å². The van der Waals surface area contributed by atoms with Crippen LogP contribution in [0.1, 0.15) is 11.1 Å². The van der Waals surface area contributed by atoms with E-state index in [1.807, 2.05) is 0 Å². The van der Waals surface area contributed by atoms with Crippen LogP contribution in [0.4, 0.5) is 4.39 Å². The second-order valence-corrected chi connectivity index (χ2v) is 2.39. The first-order valence-electron chi connectivity index (χ1n) is 3.24. The molecule has 1 rings (SSSR count). The van der Waals surface area contributed by atoms with Gasteiger partial charge < -0.3 is 10.2 Å². The molecule has 0 bridgehead atoms. The van der Waals surface area contributed by atoms with Crippen molar-refractivity contribution < 1.29 is 14.6 Å². The Balaban J connectivity index is 3.24. The van der Waals surface area contributed by atoms with Crippen LogP contribution in [-0.4, -0.2) is 10.2 Å². The molecule has 60 valence electrons. The maximum Gasteiger partial charge on any atom is 0.124 e. The van der Waals surface area contributed by atoms with Crippen LogP contribution in [0.2, 0.25) is 0 Å². The van der Waals surface area contributed by atoms with Crippen molar-refractivity contribution in [2.24, 2.45) is 0 Å². The summed E-state index contributed by atoms with van der Waals surface area (Å²) < 4.78 is 12.6. The Morgan fingerprint density at radius 3 is 2.64 bits per heavy atom. The summed E-state index contributed by atoms with van der Waals surface area (Å²) in [5.74, 6) is -0.474. The SMILES string of the molecule is Cc1cc(F)cc(CO)c1O. The Kier molecular flexibility index (Phi) is 2.10. The number of aromatic hydroxyl groups is 1. The molecule has 0 aliphatic rings. The molecule has 0 fully saturated rings. The van der Waals surface area contributed by atoms with Crippen LogP contribution in [0.3, 0.4) is 0 Å². The average molecular weight is 156 g/mol. The van der Waals surface area contributed by atoms with E-state index in [0.717, 1.165) is 6.07 Å². The van der Waals surface area contributed by atoms with Gasteiger partial charge in [-0.1, -0.05) is 0 Å². The zero-order valence-electron chi connectivity index (χ0n) is 6.13. The first-order valence-corrected chi connectivity index (χ1v) is 3.24. The number of aliphatic hydroxyl groups excluding tert-OH is 1. The molecule has 0 unspecified atom stereocenters. The third kappa shape index (κ3) is 1.49. The predicted molar refractivity (Wildman–Crippen MR) is 38.7 cm³/mol. The smallest absolute Gasteiger partial charge is 0.124 e. The lowest BCUT2D eigenvalue weighted by atomic mass is 10.1. The fourth-order valence-electron chi connectivity index (χ4n) is 0.925. The molecule has 0 spiro atoms. The van der Waals surface area contributed by atoms with Crippen LogP contribution in [0, 0.1) is 12.7 Å². The molecule has 0 saturated heterocycles. The van der Waals surface area contributed by atoms with Gasteiger partial charge >= 0.3 is 0 Å². The summed E-state index contributed by atoms with van der Waals surface area (Å²) in [6, 6.07) is 2.33. The number of hydrogen-bond donors (Lipinski definition) is 2. The minimum atomic E-state index is -0.440. The molecule has 0 heterocycles. The third-order valence-electron chi connectivity index (χ3n) is 1.51. The van der Waals surface area contributed by atoms with Crippen molar-refractivity contribution in [2.45, 2.75) is 13.5 Å². The Morgan fingerprint density at radius 1 is 1.45 bits per heavy atom. The lowest BCUT2D eigenvalue weighted by molar-refractivity contribution is 0.274. The van der Waals surface area contributed by atoms with E-state index < -0.39 is 5.82 Å². The van der Waals surface area contributed by atoms with E-state index in [-0.39, 0.29) is 17.9 Å². The fourth-order valence-corrected chi connectivity index (χ4v) is 0.925. The van der Waals surface area contributed by atoms with Crippen molar-refractivity contribution >= 4 is 0 Å². The molecular formula is C8H9FO2. The molecule has 0 atom stereocenters. The summed E-state index contributed by atoms with van der Waals surface area (Å²) in [7, 11) is 0. The van der Waals surface area contributed by atoms with Gasteiger partial charge in [-0.15, -0.1) is 0 Å². The van der Waals surface area contributed by atoms with Gasteiger partial charge in [0.2, 0.25) is 0 Å². The number of phenols is 1. The fraction of sp³-hybridized carbons (Fsp3) is 0.250. The van der Waals surface area contributed by atoms with Gasteiger partial charge in [-0.2, -0.15) is 0 Å². The van der Waals surface area contributed by atoms with Gasteiger partial charge in [0.15, 0.2) is 0 Å². The van der Waals surface area contributed by atoms with E-state index >= 15 is 0 Å². The Bertz CT molecular complexity index is 271. The molecule has 3 heteroatoms. The van der Waals surface area contributed by atoms with E-state index in [2.05, 4.69) is 0 Å². The molecule has 0 radical (unpaired) electrons. The zero-order chi connectivity index (χ0) is 8.43. The molecule has 0 amide bonds. The van der Waals surface area contributed by atoms with Crippen molar-refractivity contribution in [3.8, 4) is 5.75 Å². The summed E-state index contributed by atoms with van der Waals surface area (Å²) in [5.41, 5.74) is 0.663. The molecular weight excluding hydrogens is 147 g/mol. The van der Waals surface area contributed by atoms with E-state index in [4.69, 9.17) is 5.11 Å². The van der Waals surface area contributed by atoms with Gasteiger partial charge in [0.1, 0.15) is 11.6 Å². The van der Waals surface area contributed by atoms with E-state index in [1.54, 1.807) is 6.92 Å².